The van der Waals surface area contributed by atoms with Gasteiger partial charge in [0, 0.05) is 12.1 Å². The maximum Gasteiger partial charge on any atom is 0.248 e. The molecule has 4 rings (SSSR count). The normalized spacial score (nSPS) is 14.6. The molecule has 2 amide bonds. The summed E-state index contributed by atoms with van der Waals surface area (Å²) in [5.74, 6) is -0.457. The van der Waals surface area contributed by atoms with Crippen molar-refractivity contribution in [2.24, 2.45) is 11.7 Å². The number of rotatable bonds is 4. The zero-order chi connectivity index (χ0) is 25.6. The SMILES string of the molecule is CC(C)(C)c1ccc(CNC(=O)C2COc3ccccc3C2)cc1.NC(=O)c1ccc(Cl)c(F)c1. The van der Waals surface area contributed by atoms with Crippen molar-refractivity contribution in [3.8, 4) is 5.75 Å². The van der Waals surface area contributed by atoms with E-state index in [-0.39, 0.29) is 27.8 Å². The Bertz CT molecular complexity index is 1190. The molecule has 0 saturated carbocycles. The standard InChI is InChI=1S/C21H25NO2.C7H5ClFNO/c1-21(2,3)18-10-8-15(9-11-18)13-22-20(23)17-12-16-6-4-5-7-19(16)24-14-17;8-5-2-1-4(7(10)11)3-6(5)9/h4-11,17H,12-14H2,1-3H3,(H,22,23);1-3H,(H2,10,11). The molecular weight excluding hydrogens is 467 g/mol. The number of primary amides is 1. The minimum absolute atomic E-state index is 0.0185. The molecule has 1 unspecified atom stereocenters. The molecule has 5 nitrogen and oxygen atoms in total. The van der Waals surface area contributed by atoms with Crippen molar-refractivity contribution in [2.75, 3.05) is 6.61 Å². The van der Waals surface area contributed by atoms with Gasteiger partial charge in [0.1, 0.15) is 18.2 Å². The molecule has 0 spiro atoms. The molecule has 1 aliphatic heterocycles. The first kappa shape index (κ1) is 26.2. The van der Waals surface area contributed by atoms with E-state index < -0.39 is 11.7 Å². The average molecular weight is 497 g/mol. The van der Waals surface area contributed by atoms with Crippen molar-refractivity contribution in [1.29, 1.82) is 0 Å². The molecule has 35 heavy (non-hydrogen) atoms. The summed E-state index contributed by atoms with van der Waals surface area (Å²) >= 11 is 5.36. The predicted molar refractivity (Wildman–Crippen MR) is 136 cm³/mol. The van der Waals surface area contributed by atoms with Crippen LogP contribution in [0.2, 0.25) is 5.02 Å². The van der Waals surface area contributed by atoms with E-state index >= 15 is 0 Å². The largest absolute Gasteiger partial charge is 0.492 e. The Morgan fingerprint density at radius 1 is 1.09 bits per heavy atom. The van der Waals surface area contributed by atoms with Crippen molar-refractivity contribution in [3.05, 3.63) is 99.8 Å². The van der Waals surface area contributed by atoms with Crippen LogP contribution >= 0.6 is 11.6 Å². The van der Waals surface area contributed by atoms with Crippen molar-refractivity contribution in [3.63, 3.8) is 0 Å². The number of ether oxygens (including phenoxy) is 1. The van der Waals surface area contributed by atoms with Gasteiger partial charge in [-0.05, 0) is 52.8 Å². The van der Waals surface area contributed by atoms with Gasteiger partial charge in [0.25, 0.3) is 0 Å². The molecule has 3 aromatic carbocycles. The molecule has 0 saturated heterocycles. The van der Waals surface area contributed by atoms with Gasteiger partial charge in [0.05, 0.1) is 10.9 Å². The van der Waals surface area contributed by atoms with Crippen molar-refractivity contribution >= 4 is 23.4 Å². The number of para-hydroxylation sites is 1. The van der Waals surface area contributed by atoms with E-state index in [9.17, 15) is 14.0 Å². The smallest absolute Gasteiger partial charge is 0.248 e. The lowest BCUT2D eigenvalue weighted by Gasteiger charge is -2.24. The molecule has 3 aromatic rings. The fourth-order valence-corrected chi connectivity index (χ4v) is 3.72. The topological polar surface area (TPSA) is 81.4 Å². The number of nitrogens with one attached hydrogen (secondary N) is 1. The Kier molecular flexibility index (Phi) is 8.52. The number of benzene rings is 3. The van der Waals surface area contributed by atoms with Gasteiger partial charge in [-0.25, -0.2) is 4.39 Å². The summed E-state index contributed by atoms with van der Waals surface area (Å²) in [7, 11) is 0. The molecule has 7 heteroatoms. The van der Waals surface area contributed by atoms with E-state index in [2.05, 4.69) is 50.4 Å². The van der Waals surface area contributed by atoms with E-state index in [0.717, 1.165) is 29.4 Å². The first-order chi connectivity index (χ1) is 16.5. The first-order valence-electron chi connectivity index (χ1n) is 11.4. The summed E-state index contributed by atoms with van der Waals surface area (Å²) in [6.07, 6.45) is 0.741. The molecule has 1 atom stereocenters. The lowest BCUT2D eigenvalue weighted by molar-refractivity contribution is -0.126. The van der Waals surface area contributed by atoms with Crippen LogP contribution in [0.25, 0.3) is 0 Å². The third-order valence-corrected chi connectivity index (χ3v) is 6.05. The fraction of sp³-hybridized carbons (Fsp3) is 0.286. The second-order valence-electron chi connectivity index (χ2n) is 9.48. The summed E-state index contributed by atoms with van der Waals surface area (Å²) in [6.45, 7) is 7.60. The Labute approximate surface area is 210 Å². The molecule has 3 N–H and O–H groups in total. The van der Waals surface area contributed by atoms with Crippen LogP contribution in [0.1, 0.15) is 47.8 Å². The molecule has 1 aliphatic rings. The highest BCUT2D eigenvalue weighted by Crippen LogP contribution is 2.27. The van der Waals surface area contributed by atoms with Crippen LogP contribution in [0.5, 0.6) is 5.75 Å². The average Bonchev–Trinajstić information content (AvgIpc) is 2.84. The molecule has 0 fully saturated rings. The number of fused-ring (bicyclic) bond motifs is 1. The van der Waals surface area contributed by atoms with Gasteiger partial charge in [-0.3, -0.25) is 9.59 Å². The van der Waals surface area contributed by atoms with Crippen LogP contribution in [0.3, 0.4) is 0 Å². The van der Waals surface area contributed by atoms with Crippen LogP contribution in [0.15, 0.2) is 66.7 Å². The third-order valence-electron chi connectivity index (χ3n) is 5.74. The van der Waals surface area contributed by atoms with E-state index in [0.29, 0.717) is 13.2 Å². The highest BCUT2D eigenvalue weighted by atomic mass is 35.5. The maximum absolute atomic E-state index is 12.6. The lowest BCUT2D eigenvalue weighted by atomic mass is 9.87. The molecule has 0 aromatic heterocycles. The van der Waals surface area contributed by atoms with Gasteiger partial charge in [-0.15, -0.1) is 0 Å². The monoisotopic (exact) mass is 496 g/mol. The van der Waals surface area contributed by atoms with Gasteiger partial charge < -0.3 is 15.8 Å². The zero-order valence-corrected chi connectivity index (χ0v) is 20.9. The van der Waals surface area contributed by atoms with E-state index in [1.165, 1.54) is 17.7 Å². The molecule has 1 heterocycles. The number of hydrogen-bond acceptors (Lipinski definition) is 3. The second kappa shape index (κ2) is 11.4. The summed E-state index contributed by atoms with van der Waals surface area (Å²) < 4.78 is 18.3. The number of halogens is 2. The first-order valence-corrected chi connectivity index (χ1v) is 11.7. The van der Waals surface area contributed by atoms with Crippen LogP contribution in [0.4, 0.5) is 4.39 Å². The Balaban J connectivity index is 0.000000261. The van der Waals surface area contributed by atoms with Crippen LogP contribution in [-0.2, 0) is 23.2 Å². The molecule has 0 bridgehead atoms. The Hall–Kier alpha value is -3.38. The Morgan fingerprint density at radius 3 is 2.40 bits per heavy atom. The number of carbonyl (C=O) groups excluding carboxylic acids is 2. The summed E-state index contributed by atoms with van der Waals surface area (Å²) in [6, 6.07) is 20.1. The lowest BCUT2D eigenvalue weighted by Crippen LogP contribution is -2.37. The zero-order valence-electron chi connectivity index (χ0n) is 20.1. The second-order valence-corrected chi connectivity index (χ2v) is 9.88. The van der Waals surface area contributed by atoms with Crippen LogP contribution in [-0.4, -0.2) is 18.4 Å². The van der Waals surface area contributed by atoms with Gasteiger partial charge in [-0.1, -0.05) is 74.8 Å². The minimum atomic E-state index is -0.666. The van der Waals surface area contributed by atoms with Gasteiger partial charge in [-0.2, -0.15) is 0 Å². The van der Waals surface area contributed by atoms with Gasteiger partial charge in [0.15, 0.2) is 0 Å². The highest BCUT2D eigenvalue weighted by Gasteiger charge is 2.25. The van der Waals surface area contributed by atoms with Crippen LogP contribution < -0.4 is 15.8 Å². The molecule has 184 valence electrons. The van der Waals surface area contributed by atoms with Crippen LogP contribution in [0, 0.1) is 11.7 Å². The summed E-state index contributed by atoms with van der Waals surface area (Å²) in [4.78, 5) is 22.9. The maximum atomic E-state index is 12.6. The molecule has 0 aliphatic carbocycles. The van der Waals surface area contributed by atoms with Crippen molar-refractivity contribution in [1.82, 2.24) is 5.32 Å². The highest BCUT2D eigenvalue weighted by molar-refractivity contribution is 6.30. The van der Waals surface area contributed by atoms with Gasteiger partial charge >= 0.3 is 0 Å². The predicted octanol–water partition coefficient (Wildman–Crippen LogP) is 5.43. The van der Waals surface area contributed by atoms with E-state index in [1.807, 2.05) is 24.3 Å². The van der Waals surface area contributed by atoms with Crippen molar-refractivity contribution in [2.45, 2.75) is 39.2 Å². The fourth-order valence-electron chi connectivity index (χ4n) is 3.60. The third kappa shape index (κ3) is 7.30. The molecule has 0 radical (unpaired) electrons. The van der Waals surface area contributed by atoms with E-state index in [4.69, 9.17) is 22.1 Å². The minimum Gasteiger partial charge on any atom is -0.492 e. The number of hydrogen-bond donors (Lipinski definition) is 2. The summed E-state index contributed by atoms with van der Waals surface area (Å²) in [5.41, 5.74) is 8.68. The summed E-state index contributed by atoms with van der Waals surface area (Å²) in [5, 5.41) is 3.02. The van der Waals surface area contributed by atoms with E-state index in [1.54, 1.807) is 0 Å². The number of carbonyl (C=O) groups is 2. The molecular formula is C28H30ClFN2O3. The van der Waals surface area contributed by atoms with Crippen molar-refractivity contribution < 1.29 is 18.7 Å². The van der Waals surface area contributed by atoms with Gasteiger partial charge in [0.2, 0.25) is 11.8 Å². The quantitative estimate of drug-likeness (QED) is 0.505. The number of amides is 2. The Morgan fingerprint density at radius 2 is 1.77 bits per heavy atom. The number of nitrogens with two attached hydrogens (primary N) is 1.